The normalized spacial score (nSPS) is 18.9. The molecule has 1 N–H and O–H groups in total. The molecule has 166 valence electrons. The Bertz CT molecular complexity index is 1070. The number of benzene rings is 2. The molecule has 0 spiro atoms. The highest BCUT2D eigenvalue weighted by molar-refractivity contribution is 7.89. The molecule has 0 saturated carbocycles. The summed E-state index contributed by atoms with van der Waals surface area (Å²) in [5.41, 5.74) is -0.529. The number of imide groups is 1. The highest BCUT2D eigenvalue weighted by Crippen LogP contribution is 2.30. The lowest BCUT2D eigenvalue weighted by Crippen LogP contribution is -2.41. The van der Waals surface area contributed by atoms with E-state index in [9.17, 15) is 18.0 Å². The van der Waals surface area contributed by atoms with E-state index in [1.54, 1.807) is 38.3 Å². The van der Waals surface area contributed by atoms with Crippen molar-refractivity contribution in [2.75, 3.05) is 34.4 Å². The number of methoxy groups -OCH3 is 1. The molecule has 1 aliphatic rings. The number of rotatable bonds is 8. The van der Waals surface area contributed by atoms with Crippen LogP contribution >= 0.6 is 0 Å². The molecule has 1 atom stereocenters. The zero-order valence-electron chi connectivity index (χ0n) is 17.8. The fraction of sp³-hybridized carbons (Fsp3) is 0.333. The van der Waals surface area contributed by atoms with Crippen molar-refractivity contribution in [1.82, 2.24) is 14.5 Å². The maximum atomic E-state index is 12.9. The number of nitrogens with one attached hydrogen (secondary N) is 1. The number of hydrogen-bond acceptors (Lipinski definition) is 6. The summed E-state index contributed by atoms with van der Waals surface area (Å²) in [5, 5.41) is 2.74. The van der Waals surface area contributed by atoms with Crippen LogP contribution in [-0.2, 0) is 20.4 Å². The fourth-order valence-electron chi connectivity index (χ4n) is 3.19. The maximum absolute atomic E-state index is 12.9. The van der Waals surface area contributed by atoms with Gasteiger partial charge < -0.3 is 14.8 Å². The maximum Gasteiger partial charge on any atom is 0.325 e. The van der Waals surface area contributed by atoms with E-state index in [4.69, 9.17) is 9.47 Å². The summed E-state index contributed by atoms with van der Waals surface area (Å²) < 4.78 is 36.1. The van der Waals surface area contributed by atoms with Crippen molar-refractivity contribution in [2.24, 2.45) is 0 Å². The lowest BCUT2D eigenvalue weighted by Gasteiger charge is -2.22. The van der Waals surface area contributed by atoms with Gasteiger partial charge in [0, 0.05) is 14.1 Å². The van der Waals surface area contributed by atoms with Gasteiger partial charge in [0.25, 0.3) is 5.91 Å². The smallest absolute Gasteiger partial charge is 0.325 e. The van der Waals surface area contributed by atoms with Crippen LogP contribution in [0.15, 0.2) is 53.4 Å². The van der Waals surface area contributed by atoms with Crippen molar-refractivity contribution in [2.45, 2.75) is 17.4 Å². The van der Waals surface area contributed by atoms with E-state index in [0.29, 0.717) is 17.1 Å². The molecule has 1 heterocycles. The summed E-state index contributed by atoms with van der Waals surface area (Å²) in [4.78, 5) is 26.6. The summed E-state index contributed by atoms with van der Waals surface area (Å²) in [6.45, 7) is 1.77. The van der Waals surface area contributed by atoms with Crippen molar-refractivity contribution < 1.29 is 27.5 Å². The van der Waals surface area contributed by atoms with Gasteiger partial charge in [-0.05, 0) is 48.9 Å². The molecule has 10 heteroatoms. The first-order valence-electron chi connectivity index (χ1n) is 9.53. The van der Waals surface area contributed by atoms with Gasteiger partial charge in [-0.2, -0.15) is 0 Å². The molecule has 1 saturated heterocycles. The zero-order chi connectivity index (χ0) is 22.8. The third-order valence-electron chi connectivity index (χ3n) is 5.13. The zero-order valence-corrected chi connectivity index (χ0v) is 18.6. The van der Waals surface area contributed by atoms with E-state index < -0.39 is 21.6 Å². The molecule has 0 radical (unpaired) electrons. The minimum Gasteiger partial charge on any atom is -0.497 e. The second kappa shape index (κ2) is 8.56. The van der Waals surface area contributed by atoms with Crippen molar-refractivity contribution in [3.63, 3.8) is 0 Å². The van der Waals surface area contributed by atoms with Crippen LogP contribution < -0.4 is 14.8 Å². The number of urea groups is 1. The SMILES string of the molecule is COc1ccc([C@@]2(C)NC(=O)N(CCOc3ccc(S(=O)(=O)N(C)C)cc3)C2=O)cc1. The van der Waals surface area contributed by atoms with E-state index in [-0.39, 0.29) is 24.0 Å². The van der Waals surface area contributed by atoms with Gasteiger partial charge in [-0.25, -0.2) is 17.5 Å². The number of amides is 3. The molecule has 3 amide bonds. The van der Waals surface area contributed by atoms with E-state index >= 15 is 0 Å². The van der Waals surface area contributed by atoms with Gasteiger partial charge in [0.2, 0.25) is 10.0 Å². The summed E-state index contributed by atoms with van der Waals surface area (Å²) >= 11 is 0. The lowest BCUT2D eigenvalue weighted by molar-refractivity contribution is -0.131. The molecule has 3 rings (SSSR count). The van der Waals surface area contributed by atoms with Gasteiger partial charge in [-0.1, -0.05) is 12.1 Å². The van der Waals surface area contributed by atoms with Crippen LogP contribution in [0.4, 0.5) is 4.79 Å². The largest absolute Gasteiger partial charge is 0.497 e. The van der Waals surface area contributed by atoms with E-state index in [2.05, 4.69) is 5.32 Å². The van der Waals surface area contributed by atoms with Gasteiger partial charge in [-0.3, -0.25) is 9.69 Å². The van der Waals surface area contributed by atoms with Crippen molar-refractivity contribution >= 4 is 22.0 Å². The quantitative estimate of drug-likeness (QED) is 0.619. The van der Waals surface area contributed by atoms with Crippen LogP contribution in [-0.4, -0.2) is 63.9 Å². The molecular weight excluding hydrogens is 422 g/mol. The molecule has 1 fully saturated rings. The number of sulfonamides is 1. The van der Waals surface area contributed by atoms with Gasteiger partial charge in [0.05, 0.1) is 18.6 Å². The monoisotopic (exact) mass is 447 g/mol. The number of carbonyl (C=O) groups excluding carboxylic acids is 2. The van der Waals surface area contributed by atoms with Gasteiger partial charge in [0.15, 0.2) is 0 Å². The molecule has 0 aliphatic carbocycles. The Labute approximate surface area is 181 Å². The Morgan fingerprint density at radius 1 is 1.00 bits per heavy atom. The fourth-order valence-corrected chi connectivity index (χ4v) is 4.10. The molecule has 2 aromatic carbocycles. The number of carbonyl (C=O) groups is 2. The van der Waals surface area contributed by atoms with Crippen molar-refractivity contribution in [3.8, 4) is 11.5 Å². The highest BCUT2D eigenvalue weighted by atomic mass is 32.2. The van der Waals surface area contributed by atoms with Crippen LogP contribution in [0.2, 0.25) is 0 Å². The van der Waals surface area contributed by atoms with Gasteiger partial charge in [0.1, 0.15) is 23.6 Å². The Morgan fingerprint density at radius 3 is 2.13 bits per heavy atom. The second-order valence-corrected chi connectivity index (χ2v) is 9.50. The highest BCUT2D eigenvalue weighted by Gasteiger charge is 2.48. The molecule has 9 nitrogen and oxygen atoms in total. The molecule has 0 aromatic heterocycles. The van der Waals surface area contributed by atoms with Gasteiger partial charge in [-0.15, -0.1) is 0 Å². The molecule has 0 unspecified atom stereocenters. The third kappa shape index (κ3) is 4.35. The topological polar surface area (TPSA) is 105 Å². The van der Waals surface area contributed by atoms with Crippen LogP contribution in [0.3, 0.4) is 0 Å². The first-order valence-corrected chi connectivity index (χ1v) is 11.0. The minimum atomic E-state index is -3.52. The van der Waals surface area contributed by atoms with E-state index in [1.165, 1.54) is 38.4 Å². The van der Waals surface area contributed by atoms with Crippen LogP contribution in [0.5, 0.6) is 11.5 Å². The molecule has 1 aliphatic heterocycles. The predicted molar refractivity (Wildman–Crippen MR) is 113 cm³/mol. The standard InChI is InChI=1S/C21H25N3O6S/c1-21(15-5-7-16(29-4)8-6-15)19(25)24(20(26)22-21)13-14-30-17-9-11-18(12-10-17)31(27,28)23(2)3/h5-12H,13-14H2,1-4H3,(H,22,26)/t21-/m1/s1. The lowest BCUT2D eigenvalue weighted by atomic mass is 9.92. The van der Waals surface area contributed by atoms with E-state index in [1.807, 2.05) is 0 Å². The molecule has 31 heavy (non-hydrogen) atoms. The average molecular weight is 448 g/mol. The molecule has 2 aromatic rings. The summed E-state index contributed by atoms with van der Waals surface area (Å²) in [6, 6.07) is 12.4. The molecule has 0 bridgehead atoms. The Morgan fingerprint density at radius 2 is 1.58 bits per heavy atom. The first-order chi connectivity index (χ1) is 14.6. The van der Waals surface area contributed by atoms with Gasteiger partial charge >= 0.3 is 6.03 Å². The Balaban J connectivity index is 1.63. The van der Waals surface area contributed by atoms with Crippen LogP contribution in [0.1, 0.15) is 12.5 Å². The number of hydrogen-bond donors (Lipinski definition) is 1. The molecular formula is C21H25N3O6S. The van der Waals surface area contributed by atoms with Crippen LogP contribution in [0.25, 0.3) is 0 Å². The average Bonchev–Trinajstić information content (AvgIpc) is 2.98. The summed E-state index contributed by atoms with van der Waals surface area (Å²) in [6.07, 6.45) is 0. The van der Waals surface area contributed by atoms with E-state index in [0.717, 1.165) is 9.21 Å². The minimum absolute atomic E-state index is 0.0498. The number of nitrogens with zero attached hydrogens (tertiary/aromatic N) is 2. The summed E-state index contributed by atoms with van der Waals surface area (Å²) in [7, 11) is 0.942. The predicted octanol–water partition coefficient (Wildman–Crippen LogP) is 1.79. The van der Waals surface area contributed by atoms with Crippen molar-refractivity contribution in [1.29, 1.82) is 0 Å². The van der Waals surface area contributed by atoms with Crippen LogP contribution in [0, 0.1) is 0 Å². The second-order valence-electron chi connectivity index (χ2n) is 7.35. The third-order valence-corrected chi connectivity index (χ3v) is 6.96. The number of ether oxygens (including phenoxy) is 2. The Hall–Kier alpha value is -3.11. The summed E-state index contributed by atoms with van der Waals surface area (Å²) in [5.74, 6) is 0.708. The first kappa shape index (κ1) is 22.6. The van der Waals surface area contributed by atoms with Crippen molar-refractivity contribution in [3.05, 3.63) is 54.1 Å². The Kier molecular flexibility index (Phi) is 6.23.